The molecule has 0 bridgehead atoms. The number of likely N-dealkylation sites (N-methyl/N-ethyl adjacent to an activating group) is 1. The zero-order valence-electron chi connectivity index (χ0n) is 11.8. The van der Waals surface area contributed by atoms with E-state index in [2.05, 4.69) is 19.2 Å². The molecule has 0 aliphatic carbocycles. The molecule has 0 aromatic heterocycles. The highest BCUT2D eigenvalue weighted by atomic mass is 35.5. The number of rotatable bonds is 7. The highest BCUT2D eigenvalue weighted by Crippen LogP contribution is 2.26. The summed E-state index contributed by atoms with van der Waals surface area (Å²) in [5.41, 5.74) is 1.17. The van der Waals surface area contributed by atoms with Crippen molar-refractivity contribution in [3.8, 4) is 5.75 Å². The fourth-order valence-electron chi connectivity index (χ4n) is 2.39. The largest absolute Gasteiger partial charge is 0.496 e. The zero-order valence-corrected chi connectivity index (χ0v) is 12.6. The lowest BCUT2D eigenvalue weighted by atomic mass is 9.91. The molecule has 1 aromatic carbocycles. The van der Waals surface area contributed by atoms with E-state index in [1.807, 2.05) is 25.2 Å². The van der Waals surface area contributed by atoms with Gasteiger partial charge in [0.1, 0.15) is 5.75 Å². The summed E-state index contributed by atoms with van der Waals surface area (Å²) in [5.74, 6) is 1.56. The molecule has 102 valence electrons. The number of halogens is 1. The first kappa shape index (κ1) is 15.3. The Labute approximate surface area is 116 Å². The van der Waals surface area contributed by atoms with E-state index in [9.17, 15) is 0 Å². The number of methoxy groups -OCH3 is 1. The quantitative estimate of drug-likeness (QED) is 0.810. The van der Waals surface area contributed by atoms with Gasteiger partial charge >= 0.3 is 0 Å². The van der Waals surface area contributed by atoms with Crippen molar-refractivity contribution in [1.82, 2.24) is 5.32 Å². The van der Waals surface area contributed by atoms with Crippen LogP contribution in [0.5, 0.6) is 5.75 Å². The van der Waals surface area contributed by atoms with Crippen LogP contribution in [0.15, 0.2) is 18.2 Å². The molecule has 1 rings (SSSR count). The van der Waals surface area contributed by atoms with Crippen LogP contribution in [-0.4, -0.2) is 20.2 Å². The average molecular weight is 270 g/mol. The van der Waals surface area contributed by atoms with Crippen molar-refractivity contribution in [3.63, 3.8) is 0 Å². The topological polar surface area (TPSA) is 21.3 Å². The molecule has 0 radical (unpaired) electrons. The molecule has 0 amide bonds. The van der Waals surface area contributed by atoms with Gasteiger partial charge in [-0.25, -0.2) is 0 Å². The van der Waals surface area contributed by atoms with Crippen molar-refractivity contribution >= 4 is 11.6 Å². The van der Waals surface area contributed by atoms with Crippen LogP contribution in [0.4, 0.5) is 0 Å². The summed E-state index contributed by atoms with van der Waals surface area (Å²) in [5, 5.41) is 4.17. The van der Waals surface area contributed by atoms with E-state index in [0.29, 0.717) is 12.0 Å². The Bertz CT molecular complexity index is 368. The summed E-state index contributed by atoms with van der Waals surface area (Å²) in [7, 11) is 3.73. The second kappa shape index (κ2) is 7.65. The molecule has 0 aliphatic rings. The van der Waals surface area contributed by atoms with Gasteiger partial charge in [0.05, 0.1) is 7.11 Å². The van der Waals surface area contributed by atoms with E-state index in [1.54, 1.807) is 7.11 Å². The van der Waals surface area contributed by atoms with Gasteiger partial charge < -0.3 is 10.1 Å². The Morgan fingerprint density at radius 3 is 2.67 bits per heavy atom. The smallest absolute Gasteiger partial charge is 0.122 e. The first-order valence-electron chi connectivity index (χ1n) is 6.62. The average Bonchev–Trinajstić information content (AvgIpc) is 2.36. The SMILES string of the molecule is CCCC(C)C(Cc1cc(Cl)ccc1OC)NC. The summed E-state index contributed by atoms with van der Waals surface area (Å²) in [6.45, 7) is 4.52. The summed E-state index contributed by atoms with van der Waals surface area (Å²) in [6.07, 6.45) is 3.39. The molecule has 18 heavy (non-hydrogen) atoms. The van der Waals surface area contributed by atoms with Gasteiger partial charge in [0.15, 0.2) is 0 Å². The maximum atomic E-state index is 6.07. The van der Waals surface area contributed by atoms with Crippen LogP contribution < -0.4 is 10.1 Å². The minimum atomic E-state index is 0.456. The molecule has 0 aliphatic heterocycles. The van der Waals surface area contributed by atoms with Crippen molar-refractivity contribution in [2.75, 3.05) is 14.2 Å². The van der Waals surface area contributed by atoms with Gasteiger partial charge in [-0.1, -0.05) is 31.9 Å². The van der Waals surface area contributed by atoms with E-state index >= 15 is 0 Å². The van der Waals surface area contributed by atoms with E-state index < -0.39 is 0 Å². The lowest BCUT2D eigenvalue weighted by Crippen LogP contribution is -2.34. The van der Waals surface area contributed by atoms with Crippen molar-refractivity contribution in [2.24, 2.45) is 5.92 Å². The number of nitrogens with one attached hydrogen (secondary N) is 1. The van der Waals surface area contributed by atoms with Crippen LogP contribution in [0.3, 0.4) is 0 Å². The molecule has 0 fully saturated rings. The molecule has 2 atom stereocenters. The Balaban J connectivity index is 2.83. The fraction of sp³-hybridized carbons (Fsp3) is 0.600. The lowest BCUT2D eigenvalue weighted by molar-refractivity contribution is 0.361. The first-order valence-corrected chi connectivity index (χ1v) is 6.99. The third-order valence-corrected chi connectivity index (χ3v) is 3.72. The van der Waals surface area contributed by atoms with Crippen LogP contribution in [0, 0.1) is 5.92 Å². The lowest BCUT2D eigenvalue weighted by Gasteiger charge is -2.24. The fourth-order valence-corrected chi connectivity index (χ4v) is 2.58. The number of benzene rings is 1. The maximum absolute atomic E-state index is 6.07. The Morgan fingerprint density at radius 2 is 2.11 bits per heavy atom. The summed E-state index contributed by atoms with van der Waals surface area (Å²) >= 11 is 6.07. The van der Waals surface area contributed by atoms with E-state index in [4.69, 9.17) is 16.3 Å². The van der Waals surface area contributed by atoms with Gasteiger partial charge in [-0.3, -0.25) is 0 Å². The van der Waals surface area contributed by atoms with Crippen LogP contribution in [0.25, 0.3) is 0 Å². The van der Waals surface area contributed by atoms with Crippen LogP contribution in [0.2, 0.25) is 5.02 Å². The van der Waals surface area contributed by atoms with E-state index in [-0.39, 0.29) is 0 Å². The predicted octanol–water partition coefficient (Wildman–Crippen LogP) is 3.92. The Morgan fingerprint density at radius 1 is 1.39 bits per heavy atom. The van der Waals surface area contributed by atoms with Gasteiger partial charge in [0, 0.05) is 11.1 Å². The summed E-state index contributed by atoms with van der Waals surface area (Å²) < 4.78 is 5.40. The second-order valence-electron chi connectivity index (χ2n) is 4.82. The first-order chi connectivity index (χ1) is 8.62. The van der Waals surface area contributed by atoms with Crippen molar-refractivity contribution in [2.45, 2.75) is 39.2 Å². The molecule has 2 nitrogen and oxygen atoms in total. The molecule has 1 N–H and O–H groups in total. The molecule has 1 aromatic rings. The maximum Gasteiger partial charge on any atom is 0.122 e. The van der Waals surface area contributed by atoms with Crippen molar-refractivity contribution in [3.05, 3.63) is 28.8 Å². The Hall–Kier alpha value is -0.730. The molecule has 0 heterocycles. The minimum Gasteiger partial charge on any atom is -0.496 e. The van der Waals surface area contributed by atoms with Crippen LogP contribution >= 0.6 is 11.6 Å². The number of hydrogen-bond donors (Lipinski definition) is 1. The van der Waals surface area contributed by atoms with E-state index in [1.165, 1.54) is 18.4 Å². The normalized spacial score (nSPS) is 14.3. The number of hydrogen-bond acceptors (Lipinski definition) is 2. The standard InChI is InChI=1S/C15H24ClNO/c1-5-6-11(2)14(17-3)10-12-9-13(16)7-8-15(12)18-4/h7-9,11,14,17H,5-6,10H2,1-4H3. The van der Waals surface area contributed by atoms with Crippen molar-refractivity contribution < 1.29 is 4.74 Å². The summed E-state index contributed by atoms with van der Waals surface area (Å²) in [4.78, 5) is 0. The highest BCUT2D eigenvalue weighted by Gasteiger charge is 2.17. The highest BCUT2D eigenvalue weighted by molar-refractivity contribution is 6.30. The minimum absolute atomic E-state index is 0.456. The molecular formula is C15H24ClNO. The molecule has 2 unspecified atom stereocenters. The van der Waals surface area contributed by atoms with Crippen LogP contribution in [0.1, 0.15) is 32.3 Å². The zero-order chi connectivity index (χ0) is 13.5. The molecule has 0 spiro atoms. The molecule has 0 saturated heterocycles. The van der Waals surface area contributed by atoms with Gasteiger partial charge in [0.25, 0.3) is 0 Å². The Kier molecular flexibility index (Phi) is 6.51. The molecule has 3 heteroatoms. The number of ether oxygens (including phenoxy) is 1. The third-order valence-electron chi connectivity index (χ3n) is 3.48. The van der Waals surface area contributed by atoms with Crippen LogP contribution in [-0.2, 0) is 6.42 Å². The third kappa shape index (κ3) is 4.18. The van der Waals surface area contributed by atoms with Gasteiger partial charge in [-0.2, -0.15) is 0 Å². The van der Waals surface area contributed by atoms with Gasteiger partial charge in [0.2, 0.25) is 0 Å². The van der Waals surface area contributed by atoms with E-state index in [0.717, 1.165) is 17.2 Å². The van der Waals surface area contributed by atoms with Gasteiger partial charge in [-0.05, 0) is 49.6 Å². The van der Waals surface area contributed by atoms with Crippen molar-refractivity contribution in [1.29, 1.82) is 0 Å². The monoisotopic (exact) mass is 269 g/mol. The van der Waals surface area contributed by atoms with Gasteiger partial charge in [-0.15, -0.1) is 0 Å². The summed E-state index contributed by atoms with van der Waals surface area (Å²) in [6, 6.07) is 6.27. The molecule has 0 saturated carbocycles. The molecular weight excluding hydrogens is 246 g/mol. The second-order valence-corrected chi connectivity index (χ2v) is 5.26. The predicted molar refractivity (Wildman–Crippen MR) is 78.6 cm³/mol.